The minimum Gasteiger partial charge on any atom is -0.480 e. The highest BCUT2D eigenvalue weighted by atomic mass is 35.5. The first-order chi connectivity index (χ1) is 7.02. The molecule has 0 bridgehead atoms. The van der Waals surface area contributed by atoms with Gasteiger partial charge in [-0.15, -0.1) is 0 Å². The molecule has 0 saturated carbocycles. The summed E-state index contributed by atoms with van der Waals surface area (Å²) in [5, 5.41) is 11.7. The minimum absolute atomic E-state index is 0.156. The van der Waals surface area contributed by atoms with Gasteiger partial charge < -0.3 is 15.3 Å². The van der Waals surface area contributed by atoms with Crippen LogP contribution in [0.3, 0.4) is 0 Å². The average Bonchev–Trinajstić information content (AvgIpc) is 2.62. The second-order valence-corrected chi connectivity index (χ2v) is 3.90. The summed E-state index contributed by atoms with van der Waals surface area (Å²) in [4.78, 5) is 23.6. The number of aliphatic carboxylic acids is 1. The third-order valence-electron chi connectivity index (χ3n) is 2.23. The lowest BCUT2D eigenvalue weighted by molar-refractivity contribution is -0.141. The molecule has 0 unspecified atom stereocenters. The van der Waals surface area contributed by atoms with E-state index in [1.54, 1.807) is 0 Å². The molecule has 0 aromatic heterocycles. The van der Waals surface area contributed by atoms with E-state index in [2.05, 4.69) is 11.9 Å². The summed E-state index contributed by atoms with van der Waals surface area (Å²) < 4.78 is 0. The van der Waals surface area contributed by atoms with E-state index in [-0.39, 0.29) is 6.54 Å². The first-order valence-corrected chi connectivity index (χ1v) is 5.00. The zero-order chi connectivity index (χ0) is 11.4. The molecule has 84 valence electrons. The number of carbonyl (C=O) groups excluding carboxylic acids is 1. The average molecular weight is 233 g/mol. The van der Waals surface area contributed by atoms with Crippen molar-refractivity contribution >= 4 is 23.6 Å². The molecular formula is C9H13ClN2O3. The zero-order valence-electron chi connectivity index (χ0n) is 8.20. The molecule has 0 aromatic rings. The Bertz CT molecular complexity index is 293. The smallest absolute Gasteiger partial charge is 0.326 e. The summed E-state index contributed by atoms with van der Waals surface area (Å²) in [6, 6.07) is -1.12. The standard InChI is InChI=1S/C9H13ClN2O3/c1-6(10)5-11-9(15)12-4-2-3-7(12)8(13)14/h7H,1-5H2,(H,11,15)(H,13,14)/t7-/m1/s1. The molecule has 1 atom stereocenters. The molecule has 6 heteroatoms. The number of hydrogen-bond acceptors (Lipinski definition) is 2. The van der Waals surface area contributed by atoms with E-state index < -0.39 is 18.0 Å². The number of likely N-dealkylation sites (tertiary alicyclic amines) is 1. The van der Waals surface area contributed by atoms with Crippen LogP contribution in [0.15, 0.2) is 11.6 Å². The van der Waals surface area contributed by atoms with Crippen molar-refractivity contribution in [3.05, 3.63) is 11.6 Å². The van der Waals surface area contributed by atoms with Crippen molar-refractivity contribution in [1.82, 2.24) is 10.2 Å². The maximum absolute atomic E-state index is 11.5. The lowest BCUT2D eigenvalue weighted by Crippen LogP contribution is -2.46. The first kappa shape index (κ1) is 11.8. The Morgan fingerprint density at radius 1 is 1.60 bits per heavy atom. The van der Waals surface area contributed by atoms with Gasteiger partial charge in [0.1, 0.15) is 6.04 Å². The fourth-order valence-corrected chi connectivity index (χ4v) is 1.61. The van der Waals surface area contributed by atoms with E-state index in [9.17, 15) is 9.59 Å². The molecule has 5 nitrogen and oxygen atoms in total. The van der Waals surface area contributed by atoms with Crippen LogP contribution in [0.25, 0.3) is 0 Å². The SMILES string of the molecule is C=C(Cl)CNC(=O)N1CCC[C@@H]1C(=O)O. The normalized spacial score (nSPS) is 20.1. The molecule has 1 heterocycles. The van der Waals surface area contributed by atoms with Gasteiger partial charge in [0.15, 0.2) is 0 Å². The predicted molar refractivity (Wildman–Crippen MR) is 55.8 cm³/mol. The van der Waals surface area contributed by atoms with Gasteiger partial charge in [0.25, 0.3) is 0 Å². The highest BCUT2D eigenvalue weighted by molar-refractivity contribution is 6.29. The number of halogens is 1. The van der Waals surface area contributed by atoms with E-state index in [0.29, 0.717) is 24.4 Å². The number of rotatable bonds is 3. The van der Waals surface area contributed by atoms with E-state index in [1.807, 2.05) is 0 Å². The van der Waals surface area contributed by atoms with Crippen LogP contribution in [-0.4, -0.2) is 41.1 Å². The Morgan fingerprint density at radius 2 is 2.27 bits per heavy atom. The van der Waals surface area contributed by atoms with Crippen LogP contribution < -0.4 is 5.32 Å². The Kier molecular flexibility index (Phi) is 3.96. The van der Waals surface area contributed by atoms with Crippen molar-refractivity contribution in [2.45, 2.75) is 18.9 Å². The monoisotopic (exact) mass is 232 g/mol. The van der Waals surface area contributed by atoms with Crippen LogP contribution in [-0.2, 0) is 4.79 Å². The second-order valence-electron chi connectivity index (χ2n) is 3.37. The summed E-state index contributed by atoms with van der Waals surface area (Å²) in [6.07, 6.45) is 1.22. The van der Waals surface area contributed by atoms with E-state index in [1.165, 1.54) is 4.90 Å². The summed E-state index contributed by atoms with van der Waals surface area (Å²) in [5.41, 5.74) is 0. The van der Waals surface area contributed by atoms with Crippen molar-refractivity contribution in [1.29, 1.82) is 0 Å². The third-order valence-corrected chi connectivity index (χ3v) is 2.36. The van der Waals surface area contributed by atoms with E-state index in [0.717, 1.165) is 0 Å². The van der Waals surface area contributed by atoms with Crippen LogP contribution in [0.5, 0.6) is 0 Å². The molecule has 0 aliphatic carbocycles. The largest absolute Gasteiger partial charge is 0.480 e. The van der Waals surface area contributed by atoms with Gasteiger partial charge in [-0.3, -0.25) is 0 Å². The van der Waals surface area contributed by atoms with Gasteiger partial charge in [-0.2, -0.15) is 0 Å². The van der Waals surface area contributed by atoms with Gasteiger partial charge in [-0.25, -0.2) is 9.59 Å². The summed E-state index contributed by atoms with van der Waals surface area (Å²) in [7, 11) is 0. The fraction of sp³-hybridized carbons (Fsp3) is 0.556. The molecule has 1 fully saturated rings. The number of carbonyl (C=O) groups is 2. The van der Waals surface area contributed by atoms with Crippen LogP contribution in [0.1, 0.15) is 12.8 Å². The Balaban J connectivity index is 2.51. The second kappa shape index (κ2) is 5.02. The fourth-order valence-electron chi connectivity index (χ4n) is 1.54. The van der Waals surface area contributed by atoms with Gasteiger partial charge in [0, 0.05) is 11.6 Å². The van der Waals surface area contributed by atoms with Gasteiger partial charge >= 0.3 is 12.0 Å². The number of nitrogens with zero attached hydrogens (tertiary/aromatic N) is 1. The molecule has 0 spiro atoms. The van der Waals surface area contributed by atoms with Gasteiger partial charge in [0.05, 0.1) is 6.54 Å². The van der Waals surface area contributed by atoms with Crippen LogP contribution >= 0.6 is 11.6 Å². The topological polar surface area (TPSA) is 69.6 Å². The maximum atomic E-state index is 11.5. The third kappa shape index (κ3) is 3.13. The van der Waals surface area contributed by atoms with E-state index in [4.69, 9.17) is 16.7 Å². The van der Waals surface area contributed by atoms with Crippen LogP contribution in [0.4, 0.5) is 4.79 Å². The highest BCUT2D eigenvalue weighted by Gasteiger charge is 2.33. The number of hydrogen-bond donors (Lipinski definition) is 2. The van der Waals surface area contributed by atoms with Crippen LogP contribution in [0, 0.1) is 0 Å². The maximum Gasteiger partial charge on any atom is 0.326 e. The molecule has 0 aromatic carbocycles. The molecule has 1 saturated heterocycles. The zero-order valence-corrected chi connectivity index (χ0v) is 8.96. The van der Waals surface area contributed by atoms with Crippen LogP contribution in [0.2, 0.25) is 0 Å². The molecule has 15 heavy (non-hydrogen) atoms. The van der Waals surface area contributed by atoms with Crippen molar-refractivity contribution in [3.63, 3.8) is 0 Å². The van der Waals surface area contributed by atoms with Crippen molar-refractivity contribution in [2.24, 2.45) is 0 Å². The molecule has 1 rings (SSSR count). The van der Waals surface area contributed by atoms with Gasteiger partial charge in [0.2, 0.25) is 0 Å². The van der Waals surface area contributed by atoms with Crippen molar-refractivity contribution < 1.29 is 14.7 Å². The summed E-state index contributed by atoms with van der Waals surface area (Å²) in [6.45, 7) is 4.05. The minimum atomic E-state index is -0.965. The number of carboxylic acids is 1. The quantitative estimate of drug-likeness (QED) is 0.763. The summed E-state index contributed by atoms with van der Waals surface area (Å²) >= 11 is 5.48. The predicted octanol–water partition coefficient (Wildman–Crippen LogP) is 0.998. The number of carboxylic acid groups (broad SMARTS) is 1. The summed E-state index contributed by atoms with van der Waals surface area (Å²) in [5.74, 6) is -0.965. The van der Waals surface area contributed by atoms with Gasteiger partial charge in [-0.05, 0) is 12.8 Å². The number of nitrogens with one attached hydrogen (secondary N) is 1. The van der Waals surface area contributed by atoms with Crippen molar-refractivity contribution in [2.75, 3.05) is 13.1 Å². The number of urea groups is 1. The first-order valence-electron chi connectivity index (χ1n) is 4.63. The molecule has 1 aliphatic rings. The molecule has 2 amide bonds. The van der Waals surface area contributed by atoms with Gasteiger partial charge in [-0.1, -0.05) is 18.2 Å². The molecular weight excluding hydrogens is 220 g/mol. The Labute approximate surface area is 92.7 Å². The molecule has 2 N–H and O–H groups in total. The molecule has 0 radical (unpaired) electrons. The Morgan fingerprint density at radius 3 is 2.80 bits per heavy atom. The molecule has 1 aliphatic heterocycles. The lowest BCUT2D eigenvalue weighted by atomic mass is 10.2. The highest BCUT2D eigenvalue weighted by Crippen LogP contribution is 2.17. The lowest BCUT2D eigenvalue weighted by Gasteiger charge is -2.21. The number of amides is 2. The van der Waals surface area contributed by atoms with Crippen molar-refractivity contribution in [3.8, 4) is 0 Å². The Hall–Kier alpha value is -1.23. The van der Waals surface area contributed by atoms with E-state index >= 15 is 0 Å².